The lowest BCUT2D eigenvalue weighted by molar-refractivity contribution is -0.141. The Hall–Kier alpha value is -1.14. The van der Waals surface area contributed by atoms with Crippen LogP contribution in [0.4, 0.5) is 0 Å². The summed E-state index contributed by atoms with van der Waals surface area (Å²) < 4.78 is 0. The molecule has 0 spiro atoms. The van der Waals surface area contributed by atoms with Crippen LogP contribution < -0.4 is 10.6 Å². The first kappa shape index (κ1) is 15.9. The predicted octanol–water partition coefficient (Wildman–Crippen LogP) is -0.285. The van der Waals surface area contributed by atoms with Crippen molar-refractivity contribution in [2.75, 3.05) is 6.54 Å². The second kappa shape index (κ2) is 5.46. The van der Waals surface area contributed by atoms with E-state index in [4.69, 9.17) is 5.11 Å². The van der Waals surface area contributed by atoms with Crippen molar-refractivity contribution in [1.82, 2.24) is 10.6 Å². The summed E-state index contributed by atoms with van der Waals surface area (Å²) in [4.78, 5) is 21.7. The molecule has 0 saturated heterocycles. The van der Waals surface area contributed by atoms with E-state index in [9.17, 15) is 14.7 Å². The first-order valence-electron chi connectivity index (χ1n) is 5.44. The van der Waals surface area contributed by atoms with Gasteiger partial charge in [0, 0.05) is 19.0 Å². The summed E-state index contributed by atoms with van der Waals surface area (Å²) in [7, 11) is 0. The predicted molar refractivity (Wildman–Crippen MR) is 63.6 cm³/mol. The van der Waals surface area contributed by atoms with Gasteiger partial charge >= 0.3 is 5.97 Å². The van der Waals surface area contributed by atoms with Gasteiger partial charge in [-0.15, -0.1) is 0 Å². The highest BCUT2D eigenvalue weighted by atomic mass is 16.4. The van der Waals surface area contributed by atoms with Crippen LogP contribution in [0.5, 0.6) is 0 Å². The molecule has 6 nitrogen and oxygen atoms in total. The monoisotopic (exact) mass is 246 g/mol. The van der Waals surface area contributed by atoms with Gasteiger partial charge < -0.3 is 20.8 Å². The zero-order valence-corrected chi connectivity index (χ0v) is 11.0. The van der Waals surface area contributed by atoms with Crippen LogP contribution in [0.2, 0.25) is 0 Å². The number of hydrogen-bond acceptors (Lipinski definition) is 4. The van der Waals surface area contributed by atoms with Gasteiger partial charge in [0.25, 0.3) is 0 Å². The van der Waals surface area contributed by atoms with E-state index in [1.54, 1.807) is 27.7 Å². The molecule has 17 heavy (non-hydrogen) atoms. The Morgan fingerprint density at radius 3 is 2.00 bits per heavy atom. The maximum atomic E-state index is 10.9. The van der Waals surface area contributed by atoms with Gasteiger partial charge in [-0.2, -0.15) is 0 Å². The Morgan fingerprint density at radius 2 is 1.71 bits per heavy atom. The minimum absolute atomic E-state index is 0.0475. The van der Waals surface area contributed by atoms with Crippen LogP contribution in [0.3, 0.4) is 0 Å². The molecular formula is C11H22N2O4. The normalized spacial score (nSPS) is 14.2. The Bertz CT molecular complexity index is 294. The van der Waals surface area contributed by atoms with Gasteiger partial charge in [0.15, 0.2) is 0 Å². The SMILES string of the molecule is CC(=O)NC(CNC(C)(C)C(C)(C)O)C(=O)O. The van der Waals surface area contributed by atoms with Crippen molar-refractivity contribution in [1.29, 1.82) is 0 Å². The topological polar surface area (TPSA) is 98.7 Å². The summed E-state index contributed by atoms with van der Waals surface area (Å²) in [5.74, 6) is -1.51. The molecule has 6 heteroatoms. The van der Waals surface area contributed by atoms with Crippen LogP contribution in [0.25, 0.3) is 0 Å². The zero-order valence-electron chi connectivity index (χ0n) is 11.0. The maximum Gasteiger partial charge on any atom is 0.327 e. The summed E-state index contributed by atoms with van der Waals surface area (Å²) in [6.45, 7) is 8.10. The first-order valence-corrected chi connectivity index (χ1v) is 5.44. The van der Waals surface area contributed by atoms with Gasteiger partial charge in [-0.05, 0) is 27.7 Å². The fourth-order valence-electron chi connectivity index (χ4n) is 1.02. The lowest BCUT2D eigenvalue weighted by atomic mass is 9.86. The highest BCUT2D eigenvalue weighted by molar-refractivity contribution is 5.82. The average molecular weight is 246 g/mol. The molecule has 0 aromatic heterocycles. The van der Waals surface area contributed by atoms with E-state index in [1.165, 1.54) is 6.92 Å². The van der Waals surface area contributed by atoms with Gasteiger partial charge in [-0.1, -0.05) is 0 Å². The maximum absolute atomic E-state index is 10.9. The van der Waals surface area contributed by atoms with Crippen LogP contribution in [0.1, 0.15) is 34.6 Å². The van der Waals surface area contributed by atoms with Gasteiger partial charge in [0.2, 0.25) is 5.91 Å². The van der Waals surface area contributed by atoms with Crippen molar-refractivity contribution in [3.05, 3.63) is 0 Å². The second-order valence-corrected chi connectivity index (χ2v) is 5.16. The van der Waals surface area contributed by atoms with Gasteiger partial charge in [0.05, 0.1) is 5.60 Å². The van der Waals surface area contributed by atoms with Gasteiger partial charge in [0.1, 0.15) is 6.04 Å². The lowest BCUT2D eigenvalue weighted by Gasteiger charge is -2.38. The second-order valence-electron chi connectivity index (χ2n) is 5.16. The molecule has 0 aliphatic carbocycles. The molecule has 1 unspecified atom stereocenters. The van der Waals surface area contributed by atoms with E-state index in [0.717, 1.165) is 0 Å². The molecule has 0 aliphatic heterocycles. The van der Waals surface area contributed by atoms with Crippen LogP contribution in [0, 0.1) is 0 Å². The molecule has 0 saturated carbocycles. The fraction of sp³-hybridized carbons (Fsp3) is 0.818. The lowest BCUT2D eigenvalue weighted by Crippen LogP contribution is -2.59. The van der Waals surface area contributed by atoms with Crippen molar-refractivity contribution in [2.24, 2.45) is 0 Å². The van der Waals surface area contributed by atoms with Gasteiger partial charge in [-0.3, -0.25) is 4.79 Å². The Morgan fingerprint density at radius 1 is 1.24 bits per heavy atom. The molecule has 0 aromatic carbocycles. The van der Waals surface area contributed by atoms with Crippen molar-refractivity contribution in [2.45, 2.75) is 51.8 Å². The summed E-state index contributed by atoms with van der Waals surface area (Å²) in [6.07, 6.45) is 0. The van der Waals surface area contributed by atoms with E-state index in [0.29, 0.717) is 0 Å². The molecule has 0 aliphatic rings. The Kier molecular flexibility index (Phi) is 5.10. The molecule has 100 valence electrons. The number of rotatable bonds is 6. The number of carboxylic acid groups (broad SMARTS) is 1. The van der Waals surface area contributed by atoms with Crippen LogP contribution in [-0.2, 0) is 9.59 Å². The summed E-state index contributed by atoms with van der Waals surface area (Å²) in [5, 5.41) is 24.0. The summed E-state index contributed by atoms with van der Waals surface area (Å²) in [5.41, 5.74) is -1.68. The average Bonchev–Trinajstić information content (AvgIpc) is 2.09. The number of amides is 1. The van der Waals surface area contributed by atoms with Crippen molar-refractivity contribution >= 4 is 11.9 Å². The Balaban J connectivity index is 4.51. The Labute approximate surface area is 101 Å². The third-order valence-corrected chi connectivity index (χ3v) is 2.95. The van der Waals surface area contributed by atoms with Gasteiger partial charge in [-0.25, -0.2) is 4.79 Å². The molecule has 0 rings (SSSR count). The van der Waals surface area contributed by atoms with Crippen molar-refractivity contribution in [3.8, 4) is 0 Å². The molecule has 0 radical (unpaired) electrons. The van der Waals surface area contributed by atoms with E-state index in [2.05, 4.69) is 10.6 Å². The highest BCUT2D eigenvalue weighted by Crippen LogP contribution is 2.20. The first-order chi connectivity index (χ1) is 7.47. The number of nitrogens with one attached hydrogen (secondary N) is 2. The molecule has 1 amide bonds. The minimum Gasteiger partial charge on any atom is -0.480 e. The molecule has 0 aromatic rings. The summed E-state index contributed by atoms with van der Waals surface area (Å²) in [6, 6.07) is -1.01. The highest BCUT2D eigenvalue weighted by Gasteiger charge is 2.35. The molecule has 1 atom stereocenters. The number of aliphatic hydroxyl groups is 1. The molecule has 0 heterocycles. The molecule has 4 N–H and O–H groups in total. The standard InChI is InChI=1S/C11H22N2O4/c1-7(14)13-8(9(15)16)6-12-10(2,3)11(4,5)17/h8,12,17H,6H2,1-5H3,(H,13,14)(H,15,16). The van der Waals surface area contributed by atoms with E-state index in [-0.39, 0.29) is 6.54 Å². The zero-order chi connectivity index (χ0) is 13.9. The minimum atomic E-state index is -1.11. The number of hydrogen-bond donors (Lipinski definition) is 4. The quantitative estimate of drug-likeness (QED) is 0.516. The van der Waals surface area contributed by atoms with Crippen LogP contribution in [0.15, 0.2) is 0 Å². The van der Waals surface area contributed by atoms with Crippen molar-refractivity contribution in [3.63, 3.8) is 0 Å². The van der Waals surface area contributed by atoms with Crippen LogP contribution in [-0.4, -0.2) is 45.8 Å². The van der Waals surface area contributed by atoms with E-state index < -0.39 is 29.1 Å². The third kappa shape index (κ3) is 5.14. The van der Waals surface area contributed by atoms with E-state index in [1.807, 2.05) is 0 Å². The largest absolute Gasteiger partial charge is 0.480 e. The molecule has 0 bridgehead atoms. The van der Waals surface area contributed by atoms with E-state index >= 15 is 0 Å². The number of carbonyl (C=O) groups is 2. The van der Waals surface area contributed by atoms with Crippen LogP contribution >= 0.6 is 0 Å². The summed E-state index contributed by atoms with van der Waals surface area (Å²) >= 11 is 0. The molecule has 0 fully saturated rings. The number of carboxylic acids is 1. The smallest absolute Gasteiger partial charge is 0.327 e. The third-order valence-electron chi connectivity index (χ3n) is 2.95. The molecular weight excluding hydrogens is 224 g/mol. The fourth-order valence-corrected chi connectivity index (χ4v) is 1.02. The van der Waals surface area contributed by atoms with Crippen molar-refractivity contribution < 1.29 is 19.8 Å². The number of carbonyl (C=O) groups excluding carboxylic acids is 1. The number of aliphatic carboxylic acids is 1.